The number of pyridine rings is 1. The van der Waals surface area contributed by atoms with Crippen LogP contribution in [0, 0.1) is 0 Å². The van der Waals surface area contributed by atoms with Crippen LogP contribution in [0.3, 0.4) is 0 Å². The van der Waals surface area contributed by atoms with Crippen molar-refractivity contribution >= 4 is 0 Å². The van der Waals surface area contributed by atoms with Gasteiger partial charge in [-0.15, -0.1) is 0 Å². The van der Waals surface area contributed by atoms with Gasteiger partial charge in [-0.1, -0.05) is 6.07 Å². The number of rotatable bonds is 5. The van der Waals surface area contributed by atoms with Crippen molar-refractivity contribution in [3.05, 3.63) is 30.1 Å². The molecule has 0 aromatic carbocycles. The van der Waals surface area contributed by atoms with Gasteiger partial charge < -0.3 is 5.11 Å². The van der Waals surface area contributed by atoms with Gasteiger partial charge in [-0.25, -0.2) is 0 Å². The standard InChI is InChI=1S/C12H18N2O/c1-10(12-4-2-3-7-13-12)14(8-9-15)11-5-6-11/h2-4,7,10-11,15H,5-6,8-9H2,1H3/t10-/m0/s1. The number of nitrogens with zero attached hydrogens (tertiary/aromatic N) is 2. The predicted molar refractivity (Wildman–Crippen MR) is 59.5 cm³/mol. The van der Waals surface area contributed by atoms with Crippen molar-refractivity contribution < 1.29 is 5.11 Å². The normalized spacial score (nSPS) is 18.1. The van der Waals surface area contributed by atoms with Crippen molar-refractivity contribution in [2.24, 2.45) is 0 Å². The minimum Gasteiger partial charge on any atom is -0.395 e. The largest absolute Gasteiger partial charge is 0.395 e. The summed E-state index contributed by atoms with van der Waals surface area (Å²) in [6.07, 6.45) is 4.35. The van der Waals surface area contributed by atoms with Crippen molar-refractivity contribution in [1.29, 1.82) is 0 Å². The van der Waals surface area contributed by atoms with Crippen molar-refractivity contribution in [3.8, 4) is 0 Å². The Morgan fingerprint density at radius 2 is 2.33 bits per heavy atom. The molecule has 3 nitrogen and oxygen atoms in total. The summed E-state index contributed by atoms with van der Waals surface area (Å²) in [6, 6.07) is 6.98. The predicted octanol–water partition coefficient (Wildman–Crippen LogP) is 1.60. The third-order valence-electron chi connectivity index (χ3n) is 2.99. The summed E-state index contributed by atoms with van der Waals surface area (Å²) in [5, 5.41) is 9.05. The van der Waals surface area contributed by atoms with Gasteiger partial charge in [-0.05, 0) is 31.9 Å². The first-order chi connectivity index (χ1) is 7.33. The average Bonchev–Trinajstić information content (AvgIpc) is 3.10. The Bertz CT molecular complexity index is 298. The molecule has 0 radical (unpaired) electrons. The smallest absolute Gasteiger partial charge is 0.0572 e. The lowest BCUT2D eigenvalue weighted by Crippen LogP contribution is -2.32. The second-order valence-electron chi connectivity index (χ2n) is 4.12. The molecular formula is C12H18N2O. The van der Waals surface area contributed by atoms with Gasteiger partial charge in [0, 0.05) is 24.8 Å². The fourth-order valence-electron chi connectivity index (χ4n) is 2.01. The molecule has 1 aliphatic rings. The molecule has 0 spiro atoms. The van der Waals surface area contributed by atoms with E-state index in [1.165, 1.54) is 12.8 Å². The number of hydrogen-bond donors (Lipinski definition) is 1. The zero-order valence-corrected chi connectivity index (χ0v) is 9.13. The van der Waals surface area contributed by atoms with Gasteiger partial charge in [0.2, 0.25) is 0 Å². The number of aromatic nitrogens is 1. The van der Waals surface area contributed by atoms with Crippen LogP contribution < -0.4 is 0 Å². The molecule has 82 valence electrons. The molecule has 1 atom stereocenters. The summed E-state index contributed by atoms with van der Waals surface area (Å²) >= 11 is 0. The second-order valence-corrected chi connectivity index (χ2v) is 4.12. The lowest BCUT2D eigenvalue weighted by atomic mass is 10.2. The quantitative estimate of drug-likeness (QED) is 0.795. The van der Waals surface area contributed by atoms with Crippen LogP contribution in [0.2, 0.25) is 0 Å². The topological polar surface area (TPSA) is 36.4 Å². The van der Waals surface area contributed by atoms with E-state index in [0.717, 1.165) is 12.2 Å². The van der Waals surface area contributed by atoms with Gasteiger partial charge >= 0.3 is 0 Å². The fraction of sp³-hybridized carbons (Fsp3) is 0.583. The summed E-state index contributed by atoms with van der Waals surface area (Å²) in [5.74, 6) is 0. The summed E-state index contributed by atoms with van der Waals surface area (Å²) in [6.45, 7) is 3.15. The van der Waals surface area contributed by atoms with E-state index < -0.39 is 0 Å². The molecule has 1 aromatic heterocycles. The van der Waals surface area contributed by atoms with Crippen LogP contribution in [0.15, 0.2) is 24.4 Å². The van der Waals surface area contributed by atoms with Crippen molar-refractivity contribution in [3.63, 3.8) is 0 Å². The molecule has 1 N–H and O–H groups in total. The zero-order valence-electron chi connectivity index (χ0n) is 9.13. The minimum absolute atomic E-state index is 0.230. The maximum atomic E-state index is 9.05. The van der Waals surface area contributed by atoms with Gasteiger partial charge in [-0.3, -0.25) is 9.88 Å². The second kappa shape index (κ2) is 4.73. The Balaban J connectivity index is 2.07. The number of hydrogen-bond acceptors (Lipinski definition) is 3. The average molecular weight is 206 g/mol. The van der Waals surface area contributed by atoms with Crippen LogP contribution >= 0.6 is 0 Å². The molecule has 0 saturated heterocycles. The maximum absolute atomic E-state index is 9.05. The minimum atomic E-state index is 0.230. The molecule has 0 amide bonds. The Kier molecular flexibility index (Phi) is 3.34. The zero-order chi connectivity index (χ0) is 10.7. The van der Waals surface area contributed by atoms with E-state index in [9.17, 15) is 0 Å². The van der Waals surface area contributed by atoms with E-state index in [4.69, 9.17) is 5.11 Å². The fourth-order valence-corrected chi connectivity index (χ4v) is 2.01. The van der Waals surface area contributed by atoms with E-state index in [1.54, 1.807) is 0 Å². The van der Waals surface area contributed by atoms with Crippen LogP contribution in [0.5, 0.6) is 0 Å². The first-order valence-corrected chi connectivity index (χ1v) is 5.60. The molecule has 15 heavy (non-hydrogen) atoms. The SMILES string of the molecule is C[C@@H](c1ccccn1)N(CCO)C1CC1. The van der Waals surface area contributed by atoms with E-state index in [-0.39, 0.29) is 6.61 Å². The van der Waals surface area contributed by atoms with Crippen LogP contribution in [0.4, 0.5) is 0 Å². The molecular weight excluding hydrogens is 188 g/mol. The Morgan fingerprint density at radius 3 is 2.87 bits per heavy atom. The summed E-state index contributed by atoms with van der Waals surface area (Å²) < 4.78 is 0. The van der Waals surface area contributed by atoms with E-state index >= 15 is 0 Å². The molecule has 2 rings (SSSR count). The highest BCUT2D eigenvalue weighted by molar-refractivity contribution is 5.09. The lowest BCUT2D eigenvalue weighted by Gasteiger charge is -2.27. The van der Waals surface area contributed by atoms with Crippen LogP contribution in [-0.2, 0) is 0 Å². The van der Waals surface area contributed by atoms with Crippen LogP contribution in [-0.4, -0.2) is 34.2 Å². The van der Waals surface area contributed by atoms with Crippen LogP contribution in [0.1, 0.15) is 31.5 Å². The monoisotopic (exact) mass is 206 g/mol. The van der Waals surface area contributed by atoms with Gasteiger partial charge in [0.1, 0.15) is 0 Å². The first-order valence-electron chi connectivity index (χ1n) is 5.60. The van der Waals surface area contributed by atoms with Crippen molar-refractivity contribution in [2.45, 2.75) is 31.8 Å². The summed E-state index contributed by atoms with van der Waals surface area (Å²) in [7, 11) is 0. The van der Waals surface area contributed by atoms with Crippen molar-refractivity contribution in [1.82, 2.24) is 9.88 Å². The van der Waals surface area contributed by atoms with Crippen LogP contribution in [0.25, 0.3) is 0 Å². The highest BCUT2D eigenvalue weighted by atomic mass is 16.3. The van der Waals surface area contributed by atoms with E-state index in [0.29, 0.717) is 12.1 Å². The lowest BCUT2D eigenvalue weighted by molar-refractivity contribution is 0.148. The molecule has 1 fully saturated rings. The van der Waals surface area contributed by atoms with Gasteiger partial charge in [0.25, 0.3) is 0 Å². The Hall–Kier alpha value is -0.930. The molecule has 0 bridgehead atoms. The molecule has 1 aliphatic carbocycles. The highest BCUT2D eigenvalue weighted by Crippen LogP contribution is 2.33. The summed E-state index contributed by atoms with van der Waals surface area (Å²) in [5.41, 5.74) is 1.10. The first kappa shape index (κ1) is 10.6. The third-order valence-corrected chi connectivity index (χ3v) is 2.99. The molecule has 1 saturated carbocycles. The molecule has 3 heteroatoms. The molecule has 1 heterocycles. The number of aliphatic hydroxyl groups is 1. The van der Waals surface area contributed by atoms with Gasteiger partial charge in [0.05, 0.1) is 12.3 Å². The molecule has 0 aliphatic heterocycles. The van der Waals surface area contributed by atoms with Crippen molar-refractivity contribution in [2.75, 3.05) is 13.2 Å². The molecule has 1 aromatic rings. The van der Waals surface area contributed by atoms with Gasteiger partial charge in [-0.2, -0.15) is 0 Å². The third kappa shape index (κ3) is 2.55. The highest BCUT2D eigenvalue weighted by Gasteiger charge is 2.32. The Labute approximate surface area is 90.8 Å². The number of aliphatic hydroxyl groups excluding tert-OH is 1. The maximum Gasteiger partial charge on any atom is 0.0572 e. The molecule has 0 unspecified atom stereocenters. The summed E-state index contributed by atoms with van der Waals surface area (Å²) in [4.78, 5) is 6.72. The van der Waals surface area contributed by atoms with E-state index in [2.05, 4.69) is 22.9 Å². The Morgan fingerprint density at radius 1 is 1.53 bits per heavy atom. The van der Waals surface area contributed by atoms with E-state index in [1.807, 2.05) is 18.3 Å². The van der Waals surface area contributed by atoms with Gasteiger partial charge in [0.15, 0.2) is 0 Å².